The summed E-state index contributed by atoms with van der Waals surface area (Å²) in [5.41, 5.74) is 2.37. The Hall–Kier alpha value is -2.35. The van der Waals surface area contributed by atoms with Crippen LogP contribution in [0.3, 0.4) is 0 Å². The van der Waals surface area contributed by atoms with Crippen LogP contribution in [0.25, 0.3) is 0 Å². The molecular weight excluding hydrogens is 294 g/mol. The average Bonchev–Trinajstić information content (AvgIpc) is 2.68. The lowest BCUT2D eigenvalue weighted by Crippen LogP contribution is -2.30. The summed E-state index contributed by atoms with van der Waals surface area (Å²) in [7, 11) is 0. The van der Waals surface area contributed by atoms with E-state index in [9.17, 15) is 0 Å². The second kappa shape index (κ2) is 6.64. The van der Waals surface area contributed by atoms with Crippen molar-refractivity contribution in [2.75, 3.05) is 0 Å². The van der Waals surface area contributed by atoms with Gasteiger partial charge in [-0.15, -0.1) is 0 Å². The van der Waals surface area contributed by atoms with Crippen molar-refractivity contribution in [3.63, 3.8) is 0 Å². The summed E-state index contributed by atoms with van der Waals surface area (Å²) in [6.45, 7) is 0. The predicted octanol–water partition coefficient (Wildman–Crippen LogP) is 5.52. The molecule has 1 saturated carbocycles. The molecule has 0 saturated heterocycles. The predicted molar refractivity (Wildman–Crippen MR) is 97.8 cm³/mol. The van der Waals surface area contributed by atoms with Gasteiger partial charge in [-0.05, 0) is 42.7 Å². The smallest absolute Gasteiger partial charge is 0.177 e. The molecule has 2 nitrogen and oxygen atoms in total. The molecule has 0 unspecified atom stereocenters. The van der Waals surface area contributed by atoms with Crippen molar-refractivity contribution in [3.05, 3.63) is 83.9 Å². The summed E-state index contributed by atoms with van der Waals surface area (Å²) in [4.78, 5) is 6.00. The van der Waals surface area contributed by atoms with Crippen molar-refractivity contribution in [2.24, 2.45) is 16.5 Å². The lowest BCUT2D eigenvalue weighted by atomic mass is 9.66. The molecule has 2 heteroatoms. The van der Waals surface area contributed by atoms with Crippen molar-refractivity contribution in [2.45, 2.75) is 31.8 Å². The molecule has 3 aliphatic rings. The van der Waals surface area contributed by atoms with E-state index < -0.39 is 0 Å². The van der Waals surface area contributed by atoms with Gasteiger partial charge in [-0.1, -0.05) is 78.0 Å². The molecule has 5 rings (SSSR count). The standard InChI is InChI=1S/C22H23NO/c1-3-7-19(8-4-1)21(20-9-5-2-6-10-20)24-23-17-22-14-11-18(12-15-22)13-16-22/h1-11,14,17-18,21H,12-13,15-16H2. The van der Waals surface area contributed by atoms with E-state index in [2.05, 4.69) is 41.6 Å². The molecule has 0 radical (unpaired) electrons. The lowest BCUT2D eigenvalue weighted by molar-refractivity contribution is 0.0855. The Kier molecular flexibility index (Phi) is 4.20. The van der Waals surface area contributed by atoms with E-state index in [4.69, 9.17) is 4.84 Å². The Bertz CT molecular complexity index is 673. The molecular formula is C22H23NO. The minimum absolute atomic E-state index is 0.118. The number of fused-ring (bicyclic) bond motifs is 2. The van der Waals surface area contributed by atoms with Crippen molar-refractivity contribution < 1.29 is 4.84 Å². The van der Waals surface area contributed by atoms with Crippen LogP contribution in [-0.4, -0.2) is 6.21 Å². The molecule has 2 aromatic rings. The molecule has 1 fully saturated rings. The average molecular weight is 317 g/mol. The fourth-order valence-corrected chi connectivity index (χ4v) is 3.80. The Balaban J connectivity index is 1.55. The first-order chi connectivity index (χ1) is 11.8. The third-order valence-corrected chi connectivity index (χ3v) is 5.34. The Labute approximate surface area is 143 Å². The van der Waals surface area contributed by atoms with Crippen molar-refractivity contribution >= 4 is 6.21 Å². The molecule has 0 heterocycles. The molecule has 24 heavy (non-hydrogen) atoms. The number of hydrogen-bond acceptors (Lipinski definition) is 2. The highest BCUT2D eigenvalue weighted by atomic mass is 16.6. The van der Waals surface area contributed by atoms with Gasteiger partial charge in [-0.2, -0.15) is 0 Å². The van der Waals surface area contributed by atoms with Crippen LogP contribution in [0, 0.1) is 11.3 Å². The number of nitrogens with zero attached hydrogens (tertiary/aromatic N) is 1. The first kappa shape index (κ1) is 15.2. The van der Waals surface area contributed by atoms with E-state index >= 15 is 0 Å². The number of rotatable bonds is 5. The number of oxime groups is 1. The lowest BCUT2D eigenvalue weighted by Gasteiger charge is -2.38. The first-order valence-corrected chi connectivity index (χ1v) is 8.84. The van der Waals surface area contributed by atoms with Crippen LogP contribution in [0.1, 0.15) is 42.9 Å². The fourth-order valence-electron chi connectivity index (χ4n) is 3.80. The molecule has 2 bridgehead atoms. The van der Waals surface area contributed by atoms with Gasteiger partial charge in [0.25, 0.3) is 0 Å². The topological polar surface area (TPSA) is 21.6 Å². The highest BCUT2D eigenvalue weighted by Crippen LogP contribution is 2.44. The first-order valence-electron chi connectivity index (χ1n) is 8.84. The number of hydrogen-bond donors (Lipinski definition) is 0. The van der Waals surface area contributed by atoms with E-state index in [1.165, 1.54) is 25.7 Å². The minimum Gasteiger partial charge on any atom is -0.383 e. The van der Waals surface area contributed by atoms with Gasteiger partial charge >= 0.3 is 0 Å². The number of allylic oxidation sites excluding steroid dienone is 2. The molecule has 0 atom stereocenters. The van der Waals surface area contributed by atoms with Crippen LogP contribution in [0.5, 0.6) is 0 Å². The second-order valence-electron chi connectivity index (χ2n) is 6.97. The summed E-state index contributed by atoms with van der Waals surface area (Å²) in [6.07, 6.45) is 11.5. The second-order valence-corrected chi connectivity index (χ2v) is 6.97. The molecule has 0 spiro atoms. The van der Waals surface area contributed by atoms with E-state index in [1.54, 1.807) is 0 Å². The van der Waals surface area contributed by atoms with Crippen molar-refractivity contribution in [1.82, 2.24) is 0 Å². The van der Waals surface area contributed by atoms with Gasteiger partial charge in [0, 0.05) is 5.41 Å². The van der Waals surface area contributed by atoms with Crippen LogP contribution in [0.4, 0.5) is 0 Å². The van der Waals surface area contributed by atoms with Crippen LogP contribution in [-0.2, 0) is 4.84 Å². The molecule has 0 aliphatic heterocycles. The van der Waals surface area contributed by atoms with Gasteiger partial charge < -0.3 is 4.84 Å². The third-order valence-electron chi connectivity index (χ3n) is 5.34. The molecule has 122 valence electrons. The van der Waals surface area contributed by atoms with Crippen LogP contribution >= 0.6 is 0 Å². The van der Waals surface area contributed by atoms with Gasteiger partial charge in [0.05, 0.1) is 6.21 Å². The summed E-state index contributed by atoms with van der Waals surface area (Å²) in [6, 6.07) is 20.6. The van der Waals surface area contributed by atoms with E-state index in [-0.39, 0.29) is 11.5 Å². The zero-order valence-corrected chi connectivity index (χ0v) is 13.8. The summed E-state index contributed by atoms with van der Waals surface area (Å²) in [5, 5.41) is 4.44. The zero-order valence-electron chi connectivity index (χ0n) is 13.8. The van der Waals surface area contributed by atoms with Gasteiger partial charge in [-0.3, -0.25) is 0 Å². The Morgan fingerprint density at radius 3 is 2.00 bits per heavy atom. The van der Waals surface area contributed by atoms with E-state index in [1.807, 2.05) is 42.6 Å². The van der Waals surface area contributed by atoms with Gasteiger partial charge in [0.2, 0.25) is 0 Å². The van der Waals surface area contributed by atoms with Crippen molar-refractivity contribution in [3.8, 4) is 0 Å². The maximum Gasteiger partial charge on any atom is 0.177 e. The molecule has 3 aliphatic carbocycles. The largest absolute Gasteiger partial charge is 0.383 e. The molecule has 2 aromatic carbocycles. The number of benzene rings is 2. The van der Waals surface area contributed by atoms with Crippen LogP contribution in [0.15, 0.2) is 78.0 Å². The van der Waals surface area contributed by atoms with Gasteiger partial charge in [0.15, 0.2) is 6.10 Å². The molecule has 0 aromatic heterocycles. The van der Waals surface area contributed by atoms with Crippen LogP contribution < -0.4 is 0 Å². The third kappa shape index (κ3) is 3.14. The Morgan fingerprint density at radius 1 is 0.917 bits per heavy atom. The highest BCUT2D eigenvalue weighted by molar-refractivity contribution is 5.69. The maximum atomic E-state index is 6.00. The minimum atomic E-state index is -0.163. The maximum absolute atomic E-state index is 6.00. The monoisotopic (exact) mass is 317 g/mol. The molecule has 0 amide bonds. The quantitative estimate of drug-likeness (QED) is 0.404. The zero-order chi connectivity index (χ0) is 16.2. The summed E-state index contributed by atoms with van der Waals surface area (Å²) < 4.78 is 0. The van der Waals surface area contributed by atoms with Crippen LogP contribution in [0.2, 0.25) is 0 Å². The Morgan fingerprint density at radius 2 is 1.50 bits per heavy atom. The normalized spacial score (nSPS) is 25.5. The van der Waals surface area contributed by atoms with Crippen molar-refractivity contribution in [1.29, 1.82) is 0 Å². The van der Waals surface area contributed by atoms with Gasteiger partial charge in [0.1, 0.15) is 0 Å². The summed E-state index contributed by atoms with van der Waals surface area (Å²) >= 11 is 0. The van der Waals surface area contributed by atoms with E-state index in [0.29, 0.717) is 0 Å². The van der Waals surface area contributed by atoms with Gasteiger partial charge in [-0.25, -0.2) is 0 Å². The SMILES string of the molecule is C1=CC2(C=NOC(c3ccccc3)c3ccccc3)CCC1CC2. The molecule has 0 N–H and O–H groups in total. The highest BCUT2D eigenvalue weighted by Gasteiger charge is 2.35. The van der Waals surface area contributed by atoms with E-state index in [0.717, 1.165) is 17.0 Å². The summed E-state index contributed by atoms with van der Waals surface area (Å²) in [5.74, 6) is 0.794. The fraction of sp³-hybridized carbons (Fsp3) is 0.318.